The highest BCUT2D eigenvalue weighted by molar-refractivity contribution is 9.10. The van der Waals surface area contributed by atoms with Crippen molar-refractivity contribution in [2.24, 2.45) is 0 Å². The van der Waals surface area contributed by atoms with Gasteiger partial charge in [-0.3, -0.25) is 9.48 Å². The largest absolute Gasteiger partial charge is 0.480 e. The van der Waals surface area contributed by atoms with Crippen LogP contribution in [0.15, 0.2) is 4.47 Å². The molecular formula is C11H17BrN2O2S. The Morgan fingerprint density at radius 1 is 1.59 bits per heavy atom. The molecule has 0 aliphatic heterocycles. The average molecular weight is 321 g/mol. The van der Waals surface area contributed by atoms with E-state index in [0.29, 0.717) is 12.2 Å². The Morgan fingerprint density at radius 3 is 2.71 bits per heavy atom. The van der Waals surface area contributed by atoms with Crippen LogP contribution < -0.4 is 0 Å². The number of rotatable bonds is 6. The Morgan fingerprint density at radius 2 is 2.24 bits per heavy atom. The number of carbonyl (C=O) groups is 1. The van der Waals surface area contributed by atoms with Crippen molar-refractivity contribution in [3.63, 3.8) is 0 Å². The lowest BCUT2D eigenvalue weighted by molar-refractivity contribution is -0.136. The topological polar surface area (TPSA) is 55.1 Å². The van der Waals surface area contributed by atoms with Gasteiger partial charge in [0.1, 0.15) is 5.25 Å². The van der Waals surface area contributed by atoms with E-state index < -0.39 is 5.97 Å². The summed E-state index contributed by atoms with van der Waals surface area (Å²) in [5.41, 5.74) is 2.01. The van der Waals surface area contributed by atoms with Gasteiger partial charge in [-0.15, -0.1) is 11.8 Å². The molecule has 0 radical (unpaired) electrons. The lowest BCUT2D eigenvalue weighted by Gasteiger charge is -2.10. The van der Waals surface area contributed by atoms with Crippen molar-refractivity contribution >= 4 is 33.7 Å². The van der Waals surface area contributed by atoms with Gasteiger partial charge in [0.25, 0.3) is 0 Å². The van der Waals surface area contributed by atoms with Gasteiger partial charge in [-0.25, -0.2) is 0 Å². The Labute approximate surface area is 114 Å². The maximum Gasteiger partial charge on any atom is 0.316 e. The molecule has 0 spiro atoms. The highest BCUT2D eigenvalue weighted by Gasteiger charge is 2.18. The van der Waals surface area contributed by atoms with E-state index in [4.69, 9.17) is 5.11 Å². The van der Waals surface area contributed by atoms with Crippen molar-refractivity contribution in [2.75, 3.05) is 0 Å². The number of thioether (sulfide) groups is 1. The van der Waals surface area contributed by atoms with Gasteiger partial charge in [0.2, 0.25) is 0 Å². The number of aromatic nitrogens is 2. The summed E-state index contributed by atoms with van der Waals surface area (Å²) < 4.78 is 2.91. The molecule has 0 aliphatic rings. The van der Waals surface area contributed by atoms with E-state index in [1.54, 1.807) is 0 Å². The van der Waals surface area contributed by atoms with E-state index >= 15 is 0 Å². The first kappa shape index (κ1) is 14.6. The van der Waals surface area contributed by atoms with Crippen LogP contribution in [0, 0.1) is 6.92 Å². The van der Waals surface area contributed by atoms with Gasteiger partial charge in [-0.2, -0.15) is 5.10 Å². The number of carboxylic acids is 1. The predicted octanol–water partition coefficient (Wildman–Crippen LogP) is 3.07. The molecule has 1 aromatic rings. The number of carboxylic acid groups (broad SMARTS) is 1. The summed E-state index contributed by atoms with van der Waals surface area (Å²) in [6.45, 7) is 6.66. The predicted molar refractivity (Wildman–Crippen MR) is 73.3 cm³/mol. The molecule has 96 valence electrons. The molecule has 1 N–H and O–H groups in total. The summed E-state index contributed by atoms with van der Waals surface area (Å²) in [6, 6.07) is 0. The second-order valence-corrected chi connectivity index (χ2v) is 5.69. The van der Waals surface area contributed by atoms with Crippen molar-refractivity contribution in [2.45, 2.75) is 44.7 Å². The molecule has 4 nitrogen and oxygen atoms in total. The molecule has 0 aliphatic carbocycles. The molecule has 6 heteroatoms. The molecular weight excluding hydrogens is 304 g/mol. The quantitative estimate of drug-likeness (QED) is 0.875. The minimum absolute atomic E-state index is 0.345. The van der Waals surface area contributed by atoms with Crippen LogP contribution in [0.1, 0.15) is 31.7 Å². The van der Waals surface area contributed by atoms with Crippen LogP contribution in [0.3, 0.4) is 0 Å². The number of nitrogens with zero attached hydrogens (tertiary/aromatic N) is 2. The number of hydrogen-bond acceptors (Lipinski definition) is 3. The van der Waals surface area contributed by atoms with E-state index in [-0.39, 0.29) is 5.25 Å². The summed E-state index contributed by atoms with van der Waals surface area (Å²) in [7, 11) is 0. The maximum absolute atomic E-state index is 10.9. The van der Waals surface area contributed by atoms with E-state index in [0.717, 1.165) is 22.4 Å². The zero-order valence-corrected chi connectivity index (χ0v) is 12.6. The second kappa shape index (κ2) is 6.44. The van der Waals surface area contributed by atoms with E-state index in [2.05, 4.69) is 21.0 Å². The van der Waals surface area contributed by atoms with Crippen molar-refractivity contribution < 1.29 is 9.90 Å². The van der Waals surface area contributed by atoms with Crippen LogP contribution in [0.5, 0.6) is 0 Å². The summed E-state index contributed by atoms with van der Waals surface area (Å²) in [5.74, 6) is -0.0759. The van der Waals surface area contributed by atoms with Crippen LogP contribution in [-0.2, 0) is 17.1 Å². The molecule has 0 bridgehead atoms. The molecule has 1 atom stereocenters. The first-order valence-corrected chi connectivity index (χ1v) is 7.41. The van der Waals surface area contributed by atoms with Gasteiger partial charge in [0.15, 0.2) is 0 Å². The molecule has 0 fully saturated rings. The zero-order chi connectivity index (χ0) is 13.0. The molecule has 0 saturated carbocycles. The lowest BCUT2D eigenvalue weighted by atomic mass is 10.3. The Hall–Kier alpha value is -0.490. The molecule has 1 unspecified atom stereocenters. The fourth-order valence-corrected chi connectivity index (χ4v) is 3.19. The Bertz CT molecular complexity index is 406. The first-order chi connectivity index (χ1) is 8.01. The monoisotopic (exact) mass is 320 g/mol. The van der Waals surface area contributed by atoms with Crippen LogP contribution in [-0.4, -0.2) is 26.1 Å². The molecule has 0 saturated heterocycles. The van der Waals surface area contributed by atoms with Gasteiger partial charge in [-0.1, -0.05) is 6.92 Å². The van der Waals surface area contributed by atoms with Crippen LogP contribution >= 0.6 is 27.7 Å². The Balaban J connectivity index is 2.77. The highest BCUT2D eigenvalue weighted by atomic mass is 79.9. The standard InChI is InChI=1S/C11H17BrN2O2S/c1-4-9(11(15)16)17-6-8-10(12)7(3)13-14(8)5-2/h9H,4-6H2,1-3H3,(H,15,16). The van der Waals surface area contributed by atoms with E-state index in [9.17, 15) is 4.79 Å². The normalized spacial score (nSPS) is 12.7. The van der Waals surface area contributed by atoms with E-state index in [1.165, 1.54) is 11.8 Å². The fraction of sp³-hybridized carbons (Fsp3) is 0.636. The average Bonchev–Trinajstić information content (AvgIpc) is 2.56. The van der Waals surface area contributed by atoms with E-state index in [1.807, 2.05) is 25.5 Å². The van der Waals surface area contributed by atoms with Gasteiger partial charge in [0, 0.05) is 12.3 Å². The van der Waals surface area contributed by atoms with Crippen LogP contribution in [0.25, 0.3) is 0 Å². The molecule has 1 aromatic heterocycles. The van der Waals surface area contributed by atoms with Crippen molar-refractivity contribution in [1.82, 2.24) is 9.78 Å². The molecule has 0 aromatic carbocycles. The summed E-state index contributed by atoms with van der Waals surface area (Å²) in [5, 5.41) is 13.0. The maximum atomic E-state index is 10.9. The fourth-order valence-electron chi connectivity index (χ4n) is 1.55. The van der Waals surface area contributed by atoms with Crippen LogP contribution in [0.4, 0.5) is 0 Å². The van der Waals surface area contributed by atoms with Crippen molar-refractivity contribution in [1.29, 1.82) is 0 Å². The summed E-state index contributed by atoms with van der Waals surface area (Å²) in [6.07, 6.45) is 0.636. The highest BCUT2D eigenvalue weighted by Crippen LogP contribution is 2.27. The van der Waals surface area contributed by atoms with Crippen molar-refractivity contribution in [3.8, 4) is 0 Å². The van der Waals surface area contributed by atoms with Gasteiger partial charge >= 0.3 is 5.97 Å². The summed E-state index contributed by atoms with van der Waals surface area (Å²) in [4.78, 5) is 10.9. The third kappa shape index (κ3) is 3.48. The third-order valence-electron chi connectivity index (χ3n) is 2.52. The Kier molecular flexibility index (Phi) is 5.52. The lowest BCUT2D eigenvalue weighted by Crippen LogP contribution is -2.15. The zero-order valence-electron chi connectivity index (χ0n) is 10.2. The molecule has 1 rings (SSSR count). The van der Waals surface area contributed by atoms with Crippen molar-refractivity contribution in [3.05, 3.63) is 15.9 Å². The molecule has 17 heavy (non-hydrogen) atoms. The SMILES string of the molecule is CCC(SCc1c(Br)c(C)nn1CC)C(=O)O. The smallest absolute Gasteiger partial charge is 0.316 e. The number of halogens is 1. The van der Waals surface area contributed by atoms with Gasteiger partial charge < -0.3 is 5.11 Å². The van der Waals surface area contributed by atoms with Gasteiger partial charge in [0.05, 0.1) is 15.9 Å². The number of hydrogen-bond donors (Lipinski definition) is 1. The number of aliphatic carboxylic acids is 1. The van der Waals surface area contributed by atoms with Crippen LogP contribution in [0.2, 0.25) is 0 Å². The minimum Gasteiger partial charge on any atom is -0.480 e. The first-order valence-electron chi connectivity index (χ1n) is 5.57. The third-order valence-corrected chi connectivity index (χ3v) is 4.93. The number of aryl methyl sites for hydroxylation is 2. The van der Waals surface area contributed by atoms with Gasteiger partial charge in [-0.05, 0) is 36.2 Å². The summed E-state index contributed by atoms with van der Waals surface area (Å²) >= 11 is 4.96. The minimum atomic E-state index is -0.743. The molecule has 0 amide bonds. The molecule has 1 heterocycles. The second-order valence-electron chi connectivity index (χ2n) is 3.71.